The lowest BCUT2D eigenvalue weighted by molar-refractivity contribution is 0.262. The van der Waals surface area contributed by atoms with Gasteiger partial charge in [-0.05, 0) is 87.7 Å². The third kappa shape index (κ3) is 7.00. The zero-order valence-electron chi connectivity index (χ0n) is 25.5. The molecule has 2 heterocycles. The zero-order valence-corrected chi connectivity index (χ0v) is 26.3. The Kier molecular flexibility index (Phi) is 8.76. The van der Waals surface area contributed by atoms with Gasteiger partial charge >= 0.3 is 6.03 Å². The average Bonchev–Trinajstić information content (AvgIpc) is 3.39. The molecule has 1 atom stereocenters. The second-order valence-electron chi connectivity index (χ2n) is 12.5. The quantitative estimate of drug-likeness (QED) is 0.213. The first-order chi connectivity index (χ1) is 20.4. The Bertz CT molecular complexity index is 1680. The third-order valence-electron chi connectivity index (χ3n) is 7.97. The molecule has 4 aromatic rings. The highest BCUT2D eigenvalue weighted by atomic mass is 32.2. The molecule has 0 spiro atoms. The van der Waals surface area contributed by atoms with Crippen molar-refractivity contribution in [2.75, 3.05) is 23.7 Å². The standard InChI is InChI=1S/C34H41N5O3S/c1-23-9-13-28(14-10-23)39-31(22-30(38-39)34(3,4)5)37-33(40)36-27-8-6-7-26(21-27)32(25-17-19-35-20-18-25)43(41,42)29-15-11-24(2)12-16-29/h6-16,21-22,25,32,35H,17-20H2,1-5H3,(H2,36,37,40). The summed E-state index contributed by atoms with van der Waals surface area (Å²) in [5.41, 5.74) is 4.79. The van der Waals surface area contributed by atoms with Gasteiger partial charge in [0.1, 0.15) is 5.82 Å². The van der Waals surface area contributed by atoms with E-state index < -0.39 is 21.1 Å². The predicted molar refractivity (Wildman–Crippen MR) is 173 cm³/mol. The van der Waals surface area contributed by atoms with Gasteiger partial charge in [0.25, 0.3) is 0 Å². The summed E-state index contributed by atoms with van der Waals surface area (Å²) in [5.74, 6) is 0.494. The topological polar surface area (TPSA) is 105 Å². The number of amides is 2. The first-order valence-corrected chi connectivity index (χ1v) is 16.3. The van der Waals surface area contributed by atoms with Crippen molar-refractivity contribution >= 4 is 27.4 Å². The summed E-state index contributed by atoms with van der Waals surface area (Å²) in [6.45, 7) is 11.7. The Labute approximate surface area is 254 Å². The van der Waals surface area contributed by atoms with Gasteiger partial charge in [0.15, 0.2) is 9.84 Å². The van der Waals surface area contributed by atoms with Crippen LogP contribution in [0.3, 0.4) is 0 Å². The molecule has 1 saturated heterocycles. The second-order valence-corrected chi connectivity index (χ2v) is 14.6. The fourth-order valence-corrected chi connectivity index (χ4v) is 7.61. The van der Waals surface area contributed by atoms with E-state index in [-0.39, 0.29) is 11.3 Å². The van der Waals surface area contributed by atoms with Gasteiger partial charge in [-0.2, -0.15) is 5.10 Å². The van der Waals surface area contributed by atoms with E-state index in [4.69, 9.17) is 5.10 Å². The van der Waals surface area contributed by atoms with Crippen LogP contribution in [0.1, 0.15) is 61.2 Å². The Hall–Kier alpha value is -3.95. The van der Waals surface area contributed by atoms with Crippen molar-refractivity contribution < 1.29 is 13.2 Å². The van der Waals surface area contributed by atoms with Crippen LogP contribution < -0.4 is 16.0 Å². The minimum absolute atomic E-state index is 0.0451. The normalized spacial score (nSPS) is 15.2. The summed E-state index contributed by atoms with van der Waals surface area (Å²) in [4.78, 5) is 13.6. The molecule has 8 nitrogen and oxygen atoms in total. The number of nitrogens with zero attached hydrogens (tertiary/aromatic N) is 2. The van der Waals surface area contributed by atoms with Gasteiger partial charge in [0.05, 0.1) is 21.5 Å². The van der Waals surface area contributed by atoms with Crippen LogP contribution in [0.25, 0.3) is 5.69 Å². The Balaban J connectivity index is 1.43. The molecule has 0 bridgehead atoms. The van der Waals surface area contributed by atoms with Gasteiger partial charge in [-0.1, -0.05) is 68.3 Å². The van der Waals surface area contributed by atoms with E-state index in [1.165, 1.54) is 0 Å². The van der Waals surface area contributed by atoms with Crippen molar-refractivity contribution in [3.63, 3.8) is 0 Å². The van der Waals surface area contributed by atoms with Gasteiger partial charge in [-0.25, -0.2) is 17.9 Å². The number of hydrogen-bond acceptors (Lipinski definition) is 5. The molecule has 0 radical (unpaired) electrons. The number of nitrogens with one attached hydrogen (secondary N) is 3. The number of carbonyl (C=O) groups excluding carboxylic acids is 1. The van der Waals surface area contributed by atoms with Crippen LogP contribution in [0, 0.1) is 19.8 Å². The summed E-state index contributed by atoms with van der Waals surface area (Å²) >= 11 is 0. The van der Waals surface area contributed by atoms with Crippen LogP contribution in [-0.2, 0) is 15.3 Å². The lowest BCUT2D eigenvalue weighted by Gasteiger charge is -2.31. The van der Waals surface area contributed by atoms with E-state index in [9.17, 15) is 13.2 Å². The van der Waals surface area contributed by atoms with E-state index in [0.717, 1.165) is 48.4 Å². The summed E-state index contributed by atoms with van der Waals surface area (Å²) in [7, 11) is -3.68. The number of benzene rings is 3. The van der Waals surface area contributed by atoms with Crippen molar-refractivity contribution in [1.29, 1.82) is 0 Å². The van der Waals surface area contributed by atoms with E-state index in [1.54, 1.807) is 35.0 Å². The number of piperidine rings is 1. The van der Waals surface area contributed by atoms with Gasteiger partial charge in [0, 0.05) is 17.2 Å². The van der Waals surface area contributed by atoms with Crippen LogP contribution in [0.5, 0.6) is 0 Å². The average molecular weight is 600 g/mol. The summed E-state index contributed by atoms with van der Waals surface area (Å²) in [6, 6.07) is 23.7. The highest BCUT2D eigenvalue weighted by Crippen LogP contribution is 2.40. The number of aryl methyl sites for hydroxylation is 2. The van der Waals surface area contributed by atoms with Gasteiger partial charge < -0.3 is 10.6 Å². The monoisotopic (exact) mass is 599 g/mol. The molecular weight excluding hydrogens is 558 g/mol. The smallest absolute Gasteiger partial charge is 0.317 e. The van der Waals surface area contributed by atoms with Crippen LogP contribution in [-0.4, -0.2) is 37.3 Å². The Morgan fingerprint density at radius 1 is 0.907 bits per heavy atom. The van der Waals surface area contributed by atoms with Crippen LogP contribution in [0.2, 0.25) is 0 Å². The number of sulfone groups is 1. The largest absolute Gasteiger partial charge is 0.324 e. The number of hydrogen-bond donors (Lipinski definition) is 3. The molecule has 43 heavy (non-hydrogen) atoms. The molecule has 3 aromatic carbocycles. The molecule has 1 aliphatic rings. The van der Waals surface area contributed by atoms with Crippen molar-refractivity contribution in [3.05, 3.63) is 101 Å². The van der Waals surface area contributed by atoms with E-state index in [1.807, 2.05) is 62.4 Å². The molecular formula is C34H41N5O3S. The van der Waals surface area contributed by atoms with E-state index in [2.05, 4.69) is 36.7 Å². The predicted octanol–water partition coefficient (Wildman–Crippen LogP) is 6.95. The highest BCUT2D eigenvalue weighted by Gasteiger charge is 2.37. The summed E-state index contributed by atoms with van der Waals surface area (Å²) in [5, 5.41) is 13.3. The third-order valence-corrected chi connectivity index (χ3v) is 10.2. The van der Waals surface area contributed by atoms with Crippen LogP contribution in [0.4, 0.5) is 16.3 Å². The second kappa shape index (κ2) is 12.3. The van der Waals surface area contributed by atoms with Crippen molar-refractivity contribution in [1.82, 2.24) is 15.1 Å². The Morgan fingerprint density at radius 2 is 1.53 bits per heavy atom. The van der Waals surface area contributed by atoms with Gasteiger partial charge in [-0.3, -0.25) is 5.32 Å². The lowest BCUT2D eigenvalue weighted by Crippen LogP contribution is -2.33. The number of rotatable bonds is 7. The maximum atomic E-state index is 14.1. The molecule has 0 aliphatic carbocycles. The molecule has 2 amide bonds. The fraction of sp³-hybridized carbons (Fsp3) is 0.353. The molecule has 1 fully saturated rings. The SMILES string of the molecule is Cc1ccc(-n2nc(C(C)(C)C)cc2NC(=O)Nc2cccc(C(C3CCNCC3)S(=O)(=O)c3ccc(C)cc3)c2)cc1. The maximum absolute atomic E-state index is 14.1. The first-order valence-electron chi connectivity index (χ1n) is 14.8. The lowest BCUT2D eigenvalue weighted by atomic mass is 9.90. The minimum atomic E-state index is -3.68. The zero-order chi connectivity index (χ0) is 30.8. The molecule has 0 saturated carbocycles. The molecule has 3 N–H and O–H groups in total. The van der Waals surface area contributed by atoms with E-state index >= 15 is 0 Å². The highest BCUT2D eigenvalue weighted by molar-refractivity contribution is 7.91. The molecule has 1 aromatic heterocycles. The number of aromatic nitrogens is 2. The fourth-order valence-electron chi connectivity index (χ4n) is 5.52. The van der Waals surface area contributed by atoms with Crippen LogP contribution >= 0.6 is 0 Å². The van der Waals surface area contributed by atoms with E-state index in [0.29, 0.717) is 22.0 Å². The Morgan fingerprint density at radius 3 is 2.16 bits per heavy atom. The number of anilines is 2. The maximum Gasteiger partial charge on any atom is 0.324 e. The van der Waals surface area contributed by atoms with Crippen molar-refractivity contribution in [2.24, 2.45) is 5.92 Å². The van der Waals surface area contributed by atoms with Crippen LogP contribution in [0.15, 0.2) is 83.8 Å². The molecule has 1 aliphatic heterocycles. The molecule has 5 rings (SSSR count). The minimum Gasteiger partial charge on any atom is -0.317 e. The first kappa shape index (κ1) is 30.5. The van der Waals surface area contributed by atoms with Gasteiger partial charge in [0.2, 0.25) is 0 Å². The number of carbonyl (C=O) groups is 1. The van der Waals surface area contributed by atoms with Crippen molar-refractivity contribution in [3.8, 4) is 5.69 Å². The summed E-state index contributed by atoms with van der Waals surface area (Å²) in [6.07, 6.45) is 1.51. The molecule has 9 heteroatoms. The van der Waals surface area contributed by atoms with Gasteiger partial charge in [-0.15, -0.1) is 0 Å². The molecule has 1 unspecified atom stereocenters. The molecule has 226 valence electrons. The summed E-state index contributed by atoms with van der Waals surface area (Å²) < 4.78 is 29.9. The van der Waals surface area contributed by atoms with Crippen molar-refractivity contribution in [2.45, 2.75) is 63.0 Å². The number of urea groups is 1.